The molecule has 5 aromatic rings. The number of benzene rings is 4. The van der Waals surface area contributed by atoms with E-state index >= 15 is 0 Å². The van der Waals surface area contributed by atoms with Crippen LogP contribution in [-0.2, 0) is 7.05 Å². The standard InChI is InChI=1S/C28H24N3O2P/c1-21-28(26-15-9-10-16-27(26)30(21)2)34(24-11-5-3-6-12-24,25-13-7-4-8-14-25)29-22-17-19-23(20-18-22)31(32)33/h3-20H,1-2H3. The van der Waals surface area contributed by atoms with Crippen LogP contribution in [-0.4, -0.2) is 9.49 Å². The summed E-state index contributed by atoms with van der Waals surface area (Å²) < 4.78 is 7.73. The van der Waals surface area contributed by atoms with Crippen molar-refractivity contribution >= 4 is 45.2 Å². The van der Waals surface area contributed by atoms with Gasteiger partial charge < -0.3 is 4.57 Å². The van der Waals surface area contributed by atoms with E-state index in [0.29, 0.717) is 0 Å². The topological polar surface area (TPSA) is 60.4 Å². The number of rotatable bonds is 5. The molecule has 6 heteroatoms. The maximum atomic E-state index is 11.2. The third-order valence-corrected chi connectivity index (χ3v) is 10.1. The molecule has 5 nitrogen and oxygen atoms in total. The first kappa shape index (κ1) is 21.9. The second kappa shape index (κ2) is 8.77. The summed E-state index contributed by atoms with van der Waals surface area (Å²) in [6.07, 6.45) is 0. The van der Waals surface area contributed by atoms with E-state index in [1.54, 1.807) is 12.1 Å². The molecule has 1 heterocycles. The van der Waals surface area contributed by atoms with Gasteiger partial charge in [0.05, 0.1) is 17.7 Å². The predicted octanol–water partition coefficient (Wildman–Crippen LogP) is 6.20. The number of para-hydroxylation sites is 1. The van der Waals surface area contributed by atoms with Gasteiger partial charge in [-0.2, -0.15) is 0 Å². The zero-order valence-corrected chi connectivity index (χ0v) is 19.9. The van der Waals surface area contributed by atoms with Crippen molar-refractivity contribution in [2.24, 2.45) is 11.8 Å². The molecule has 5 rings (SSSR count). The van der Waals surface area contributed by atoms with Crippen LogP contribution in [0.3, 0.4) is 0 Å². The average molecular weight is 465 g/mol. The molecule has 0 spiro atoms. The first-order valence-electron chi connectivity index (χ1n) is 11.0. The molecule has 0 aliphatic carbocycles. The minimum Gasteiger partial charge on any atom is -0.347 e. The largest absolute Gasteiger partial charge is 0.347 e. The van der Waals surface area contributed by atoms with E-state index in [2.05, 4.69) is 91.3 Å². The zero-order chi connectivity index (χ0) is 23.7. The number of hydrogen-bond acceptors (Lipinski definition) is 3. The van der Waals surface area contributed by atoms with Gasteiger partial charge in [-0.15, -0.1) is 0 Å². The van der Waals surface area contributed by atoms with E-state index in [0.717, 1.165) is 27.5 Å². The average Bonchev–Trinajstić information content (AvgIpc) is 3.14. The third kappa shape index (κ3) is 3.55. The number of non-ortho nitro benzene ring substituents is 1. The third-order valence-electron chi connectivity index (χ3n) is 6.28. The minimum atomic E-state index is -2.54. The summed E-state index contributed by atoms with van der Waals surface area (Å²) in [5, 5.41) is 15.9. The van der Waals surface area contributed by atoms with Crippen LogP contribution in [0.15, 0.2) is 114 Å². The highest BCUT2D eigenvalue weighted by Crippen LogP contribution is 2.52. The fourth-order valence-corrected chi connectivity index (χ4v) is 8.57. The molecule has 0 saturated carbocycles. The Morgan fingerprint density at radius 2 is 1.29 bits per heavy atom. The van der Waals surface area contributed by atoms with E-state index in [1.807, 2.05) is 12.1 Å². The molecule has 1 aromatic heterocycles. The van der Waals surface area contributed by atoms with Crippen LogP contribution >= 0.6 is 7.05 Å². The van der Waals surface area contributed by atoms with Gasteiger partial charge >= 0.3 is 0 Å². The van der Waals surface area contributed by atoms with Crippen molar-refractivity contribution in [1.29, 1.82) is 0 Å². The molecule has 168 valence electrons. The Morgan fingerprint density at radius 3 is 1.85 bits per heavy atom. The number of hydrogen-bond donors (Lipinski definition) is 0. The zero-order valence-electron chi connectivity index (χ0n) is 19.0. The normalized spacial score (nSPS) is 11.5. The van der Waals surface area contributed by atoms with Gasteiger partial charge in [0.1, 0.15) is 0 Å². The summed E-state index contributed by atoms with van der Waals surface area (Å²) in [5.74, 6) is 0. The Balaban J connectivity index is 1.97. The monoisotopic (exact) mass is 465 g/mol. The molecule has 34 heavy (non-hydrogen) atoms. The highest BCUT2D eigenvalue weighted by Gasteiger charge is 2.32. The number of nitro benzene ring substituents is 1. The SMILES string of the molecule is Cc1c(P(=Nc2ccc([N+](=O)[O-])cc2)(c2ccccc2)c2ccccc2)c2ccccc2n1C. The summed E-state index contributed by atoms with van der Waals surface area (Å²) in [7, 11) is -0.447. The van der Waals surface area contributed by atoms with Crippen molar-refractivity contribution in [2.75, 3.05) is 0 Å². The Hall–Kier alpha value is -3.95. The van der Waals surface area contributed by atoms with Crippen molar-refractivity contribution in [3.05, 3.63) is 125 Å². The number of nitrogens with zero attached hydrogens (tertiary/aromatic N) is 3. The van der Waals surface area contributed by atoms with Crippen LogP contribution in [0, 0.1) is 17.0 Å². The minimum absolute atomic E-state index is 0.0589. The Labute approximate surface area is 198 Å². The van der Waals surface area contributed by atoms with Gasteiger partial charge in [0.25, 0.3) is 5.69 Å². The predicted molar refractivity (Wildman–Crippen MR) is 142 cm³/mol. The molecule has 0 unspecified atom stereocenters. The first-order chi connectivity index (χ1) is 16.5. The van der Waals surface area contributed by atoms with E-state index in [4.69, 9.17) is 4.74 Å². The van der Waals surface area contributed by atoms with Crippen molar-refractivity contribution in [2.45, 2.75) is 6.92 Å². The van der Waals surface area contributed by atoms with Gasteiger partial charge in [-0.3, -0.25) is 14.9 Å². The Kier molecular flexibility index (Phi) is 5.64. The molecule has 0 aliphatic heterocycles. The molecule has 4 aromatic carbocycles. The molecular weight excluding hydrogens is 441 g/mol. The maximum absolute atomic E-state index is 11.2. The van der Waals surface area contributed by atoms with E-state index in [1.165, 1.54) is 22.8 Å². The lowest BCUT2D eigenvalue weighted by molar-refractivity contribution is -0.384. The molecule has 0 bridgehead atoms. The van der Waals surface area contributed by atoms with Crippen LogP contribution in [0.1, 0.15) is 5.69 Å². The van der Waals surface area contributed by atoms with E-state index in [9.17, 15) is 10.1 Å². The number of fused-ring (bicyclic) bond motifs is 1. The molecule has 0 aliphatic rings. The lowest BCUT2D eigenvalue weighted by Crippen LogP contribution is -2.26. The molecule has 0 N–H and O–H groups in total. The number of aromatic nitrogens is 1. The maximum Gasteiger partial charge on any atom is 0.269 e. The van der Waals surface area contributed by atoms with Crippen LogP contribution in [0.2, 0.25) is 0 Å². The van der Waals surface area contributed by atoms with Gasteiger partial charge in [0.15, 0.2) is 0 Å². The van der Waals surface area contributed by atoms with Crippen molar-refractivity contribution in [3.8, 4) is 0 Å². The number of aryl methyl sites for hydroxylation is 1. The summed E-state index contributed by atoms with van der Waals surface area (Å²) in [6.45, 7) is 2.15. The molecular formula is C28H24N3O2P. The highest BCUT2D eigenvalue weighted by molar-refractivity contribution is 7.88. The lowest BCUT2D eigenvalue weighted by Gasteiger charge is -2.27. The molecule has 0 amide bonds. The van der Waals surface area contributed by atoms with Crippen LogP contribution in [0.25, 0.3) is 10.9 Å². The van der Waals surface area contributed by atoms with Gasteiger partial charge in [0.2, 0.25) is 0 Å². The molecule has 0 atom stereocenters. The fraction of sp³-hybridized carbons (Fsp3) is 0.0714. The summed E-state index contributed by atoms with van der Waals surface area (Å²) in [6, 6.07) is 35.8. The van der Waals surface area contributed by atoms with E-state index in [-0.39, 0.29) is 10.6 Å². The van der Waals surface area contributed by atoms with Gasteiger partial charge in [-0.05, 0) is 25.1 Å². The smallest absolute Gasteiger partial charge is 0.269 e. The first-order valence-corrected chi connectivity index (χ1v) is 12.8. The van der Waals surface area contributed by atoms with Crippen LogP contribution in [0.4, 0.5) is 11.4 Å². The van der Waals surface area contributed by atoms with E-state index < -0.39 is 7.05 Å². The highest BCUT2D eigenvalue weighted by atomic mass is 31.2. The van der Waals surface area contributed by atoms with Gasteiger partial charge in [0, 0.05) is 51.7 Å². The Bertz CT molecular complexity index is 1500. The second-order valence-electron chi connectivity index (χ2n) is 8.19. The summed E-state index contributed by atoms with van der Waals surface area (Å²) in [5.41, 5.74) is 3.10. The van der Waals surface area contributed by atoms with Gasteiger partial charge in [-0.1, -0.05) is 78.9 Å². The van der Waals surface area contributed by atoms with Crippen molar-refractivity contribution in [3.63, 3.8) is 0 Å². The molecule has 0 radical (unpaired) electrons. The Morgan fingerprint density at radius 1 is 0.765 bits per heavy atom. The molecule has 0 saturated heterocycles. The summed E-state index contributed by atoms with van der Waals surface area (Å²) in [4.78, 5) is 10.9. The molecule has 0 fully saturated rings. The van der Waals surface area contributed by atoms with Crippen LogP contribution in [0.5, 0.6) is 0 Å². The van der Waals surface area contributed by atoms with Crippen molar-refractivity contribution in [1.82, 2.24) is 4.57 Å². The van der Waals surface area contributed by atoms with Crippen LogP contribution < -0.4 is 15.9 Å². The lowest BCUT2D eigenvalue weighted by atomic mass is 10.2. The summed E-state index contributed by atoms with van der Waals surface area (Å²) >= 11 is 0. The van der Waals surface area contributed by atoms with Crippen molar-refractivity contribution < 1.29 is 4.92 Å². The van der Waals surface area contributed by atoms with Gasteiger partial charge in [-0.25, -0.2) is 0 Å². The number of nitro groups is 1. The second-order valence-corrected chi connectivity index (χ2v) is 11.1. The fourth-order valence-electron chi connectivity index (χ4n) is 4.58. The quantitative estimate of drug-likeness (QED) is 0.176.